The van der Waals surface area contributed by atoms with E-state index in [0.29, 0.717) is 17.1 Å². The minimum Gasteiger partial charge on any atom is -0.519 e. The molecule has 0 radical (unpaired) electrons. The zero-order chi connectivity index (χ0) is 17.6. The molecule has 0 bridgehead atoms. The van der Waals surface area contributed by atoms with Gasteiger partial charge in [-0.05, 0) is 24.3 Å². The molecule has 1 aliphatic rings. The molecule has 124 valence electrons. The Labute approximate surface area is 145 Å². The summed E-state index contributed by atoms with van der Waals surface area (Å²) in [6, 6.07) is 23.0. The molecule has 1 aliphatic heterocycles. The molecule has 4 rings (SSSR count). The van der Waals surface area contributed by atoms with Crippen molar-refractivity contribution in [1.82, 2.24) is 0 Å². The number of benzene rings is 3. The van der Waals surface area contributed by atoms with Crippen molar-refractivity contribution >= 4 is 18.6 Å². The van der Waals surface area contributed by atoms with Crippen LogP contribution in [0.5, 0.6) is 17.2 Å². The Hall–Kier alpha value is -3.41. The van der Waals surface area contributed by atoms with Crippen LogP contribution in [0.4, 0.5) is 0 Å². The van der Waals surface area contributed by atoms with E-state index in [-0.39, 0.29) is 5.75 Å². The molecule has 2 N–H and O–H groups in total. The van der Waals surface area contributed by atoms with E-state index in [1.54, 1.807) is 48.5 Å². The van der Waals surface area contributed by atoms with Crippen molar-refractivity contribution in [3.8, 4) is 17.2 Å². The lowest BCUT2D eigenvalue weighted by molar-refractivity contribution is 0.0697. The summed E-state index contributed by atoms with van der Waals surface area (Å²) >= 11 is 0. The van der Waals surface area contributed by atoms with Gasteiger partial charge in [-0.3, -0.25) is 0 Å². The molecule has 0 amide bonds. The summed E-state index contributed by atoms with van der Waals surface area (Å²) in [5.41, 5.74) is 1.26. The Kier molecular flexibility index (Phi) is 4.90. The third kappa shape index (κ3) is 3.92. The van der Waals surface area contributed by atoms with E-state index in [9.17, 15) is 9.90 Å². The Balaban J connectivity index is 0.000000173. The van der Waals surface area contributed by atoms with E-state index >= 15 is 0 Å². The number of hydrogen-bond donors (Lipinski definition) is 2. The standard InChI is InChI=1S/C12H9BO3.C7H6O2/c14-10-7-4-8-11-12(10)16-13(15-11)9-5-2-1-3-6-9;8-7(9)6-4-2-1-3-5-6/h1-8,14H;1-5H,(H,8,9). The van der Waals surface area contributed by atoms with Gasteiger partial charge < -0.3 is 19.5 Å². The number of phenolic OH excluding ortho intramolecular Hbond substituents is 1. The van der Waals surface area contributed by atoms with E-state index < -0.39 is 13.1 Å². The maximum absolute atomic E-state index is 10.2. The molecule has 0 unspecified atom stereocenters. The normalized spacial score (nSPS) is 11.4. The van der Waals surface area contributed by atoms with E-state index in [4.69, 9.17) is 14.4 Å². The summed E-state index contributed by atoms with van der Waals surface area (Å²) in [6.45, 7) is 0. The smallest absolute Gasteiger partial charge is 0.519 e. The minimum atomic E-state index is -0.879. The second-order valence-electron chi connectivity index (χ2n) is 5.25. The van der Waals surface area contributed by atoms with Gasteiger partial charge in [0.05, 0.1) is 5.56 Å². The minimum absolute atomic E-state index is 0.107. The van der Waals surface area contributed by atoms with Gasteiger partial charge in [-0.25, -0.2) is 4.79 Å². The van der Waals surface area contributed by atoms with Crippen LogP contribution < -0.4 is 14.8 Å². The van der Waals surface area contributed by atoms with Gasteiger partial charge in [0.15, 0.2) is 11.5 Å². The van der Waals surface area contributed by atoms with Crippen LogP contribution in [0.25, 0.3) is 0 Å². The van der Waals surface area contributed by atoms with Crippen LogP contribution in [0.15, 0.2) is 78.9 Å². The van der Waals surface area contributed by atoms with Crippen LogP contribution >= 0.6 is 0 Å². The zero-order valence-electron chi connectivity index (χ0n) is 13.2. The number of phenols is 1. The highest BCUT2D eigenvalue weighted by atomic mass is 16.6. The molecule has 0 fully saturated rings. The Morgan fingerprint density at radius 2 is 1.44 bits per heavy atom. The molecular weight excluding hydrogens is 319 g/mol. The summed E-state index contributed by atoms with van der Waals surface area (Å²) in [5, 5.41) is 18.0. The van der Waals surface area contributed by atoms with Crippen molar-refractivity contribution in [1.29, 1.82) is 0 Å². The molecule has 3 aromatic carbocycles. The molecule has 0 aromatic heterocycles. The van der Waals surface area contributed by atoms with Crippen LogP contribution in [0, 0.1) is 0 Å². The van der Waals surface area contributed by atoms with Crippen LogP contribution in [0.1, 0.15) is 10.4 Å². The number of rotatable bonds is 2. The fourth-order valence-corrected chi connectivity index (χ4v) is 2.29. The second kappa shape index (κ2) is 7.44. The predicted octanol–water partition coefficient (Wildman–Crippen LogP) is 2.94. The summed E-state index contributed by atoms with van der Waals surface area (Å²) in [4.78, 5) is 10.2. The van der Waals surface area contributed by atoms with Crippen molar-refractivity contribution < 1.29 is 24.3 Å². The SMILES string of the molecule is O=C(O)c1ccccc1.Oc1cccc2c1OB(c1ccccc1)O2. The molecule has 0 saturated heterocycles. The van der Waals surface area contributed by atoms with Crippen molar-refractivity contribution in [3.05, 3.63) is 84.4 Å². The summed E-state index contributed by atoms with van der Waals surface area (Å²) in [7, 11) is -0.468. The monoisotopic (exact) mass is 334 g/mol. The lowest BCUT2D eigenvalue weighted by Gasteiger charge is -2.03. The fourth-order valence-electron chi connectivity index (χ4n) is 2.29. The third-order valence-corrected chi connectivity index (χ3v) is 3.51. The van der Waals surface area contributed by atoms with E-state index in [1.807, 2.05) is 30.3 Å². The van der Waals surface area contributed by atoms with Gasteiger partial charge in [-0.2, -0.15) is 0 Å². The van der Waals surface area contributed by atoms with Gasteiger partial charge in [0, 0.05) is 5.46 Å². The quantitative estimate of drug-likeness (QED) is 0.705. The number of carbonyl (C=O) groups is 1. The molecule has 5 nitrogen and oxygen atoms in total. The molecule has 1 heterocycles. The first kappa shape index (κ1) is 16.5. The lowest BCUT2D eigenvalue weighted by atomic mass is 9.79. The van der Waals surface area contributed by atoms with Gasteiger partial charge in [0.2, 0.25) is 0 Å². The van der Waals surface area contributed by atoms with Gasteiger partial charge in [0.25, 0.3) is 0 Å². The van der Waals surface area contributed by atoms with Gasteiger partial charge in [-0.1, -0.05) is 54.6 Å². The number of aromatic carboxylic acids is 1. The fraction of sp³-hybridized carbons (Fsp3) is 0. The Morgan fingerprint density at radius 1 is 0.800 bits per heavy atom. The number of fused-ring (bicyclic) bond motifs is 1. The largest absolute Gasteiger partial charge is 0.632 e. The molecule has 25 heavy (non-hydrogen) atoms. The Morgan fingerprint density at radius 3 is 2.00 bits per heavy atom. The van der Waals surface area contributed by atoms with Gasteiger partial charge in [0.1, 0.15) is 5.75 Å². The van der Waals surface area contributed by atoms with Crippen LogP contribution in [0.2, 0.25) is 0 Å². The number of hydrogen-bond acceptors (Lipinski definition) is 4. The third-order valence-electron chi connectivity index (χ3n) is 3.51. The molecule has 6 heteroatoms. The summed E-state index contributed by atoms with van der Waals surface area (Å²) in [5.74, 6) is 0.219. The summed E-state index contributed by atoms with van der Waals surface area (Å²) in [6.07, 6.45) is 0. The first-order valence-corrected chi connectivity index (χ1v) is 7.64. The highest BCUT2D eigenvalue weighted by Gasteiger charge is 2.35. The van der Waals surface area contributed by atoms with Crippen LogP contribution in [-0.4, -0.2) is 23.3 Å². The van der Waals surface area contributed by atoms with Crippen LogP contribution in [-0.2, 0) is 0 Å². The first-order chi connectivity index (χ1) is 12.1. The topological polar surface area (TPSA) is 76.0 Å². The summed E-state index contributed by atoms with van der Waals surface area (Å²) < 4.78 is 11.1. The molecule has 0 aliphatic carbocycles. The predicted molar refractivity (Wildman–Crippen MR) is 94.6 cm³/mol. The van der Waals surface area contributed by atoms with Crippen LogP contribution in [0.3, 0.4) is 0 Å². The maximum atomic E-state index is 10.2. The van der Waals surface area contributed by atoms with Gasteiger partial charge in [-0.15, -0.1) is 0 Å². The van der Waals surface area contributed by atoms with Crippen molar-refractivity contribution in [2.45, 2.75) is 0 Å². The molecular formula is C19H15BO5. The van der Waals surface area contributed by atoms with Crippen molar-refractivity contribution in [2.75, 3.05) is 0 Å². The van der Waals surface area contributed by atoms with E-state index in [2.05, 4.69) is 0 Å². The number of carboxylic acids is 1. The van der Waals surface area contributed by atoms with E-state index in [0.717, 1.165) is 5.46 Å². The van der Waals surface area contributed by atoms with Crippen molar-refractivity contribution in [2.24, 2.45) is 0 Å². The maximum Gasteiger partial charge on any atom is 0.632 e. The Bertz CT molecular complexity index is 852. The molecule has 0 saturated carbocycles. The highest BCUT2D eigenvalue weighted by Crippen LogP contribution is 2.40. The molecule has 0 atom stereocenters. The number of carboxylic acid groups (broad SMARTS) is 1. The number of para-hydroxylation sites is 1. The average molecular weight is 334 g/mol. The van der Waals surface area contributed by atoms with Crippen molar-refractivity contribution in [3.63, 3.8) is 0 Å². The van der Waals surface area contributed by atoms with Gasteiger partial charge >= 0.3 is 13.1 Å². The zero-order valence-corrected chi connectivity index (χ0v) is 13.2. The number of aromatic hydroxyl groups is 1. The highest BCUT2D eigenvalue weighted by molar-refractivity contribution is 6.63. The molecule has 0 spiro atoms. The lowest BCUT2D eigenvalue weighted by Crippen LogP contribution is -2.38. The molecule has 3 aromatic rings. The second-order valence-corrected chi connectivity index (χ2v) is 5.25. The van der Waals surface area contributed by atoms with E-state index in [1.165, 1.54) is 0 Å². The average Bonchev–Trinajstić information content (AvgIpc) is 3.10. The first-order valence-electron chi connectivity index (χ1n) is 7.64.